The van der Waals surface area contributed by atoms with Gasteiger partial charge >= 0.3 is 5.97 Å². The van der Waals surface area contributed by atoms with E-state index in [0.29, 0.717) is 17.0 Å². The van der Waals surface area contributed by atoms with Gasteiger partial charge in [-0.1, -0.05) is 24.3 Å². The van der Waals surface area contributed by atoms with E-state index in [4.69, 9.17) is 9.47 Å². The van der Waals surface area contributed by atoms with Gasteiger partial charge in [-0.3, -0.25) is 9.59 Å². The molecule has 6 nitrogen and oxygen atoms in total. The van der Waals surface area contributed by atoms with Gasteiger partial charge in [-0.2, -0.15) is 0 Å². The number of phenolic OH excluding ortho intramolecular Hbond substituents is 1. The normalized spacial score (nSPS) is 11.4. The van der Waals surface area contributed by atoms with Crippen molar-refractivity contribution in [3.8, 4) is 11.5 Å². The molecule has 0 aliphatic rings. The van der Waals surface area contributed by atoms with Crippen LogP contribution in [0.1, 0.15) is 12.5 Å². The van der Waals surface area contributed by atoms with Crippen molar-refractivity contribution in [2.24, 2.45) is 0 Å². The van der Waals surface area contributed by atoms with E-state index in [0.717, 1.165) is 0 Å². The lowest BCUT2D eigenvalue weighted by molar-refractivity contribution is -0.152. The molecule has 0 unspecified atom stereocenters. The molecule has 0 saturated carbocycles. The highest BCUT2D eigenvalue weighted by atomic mass is 16.5. The molecule has 24 heavy (non-hydrogen) atoms. The van der Waals surface area contributed by atoms with Crippen LogP contribution in [0.5, 0.6) is 11.5 Å². The Morgan fingerprint density at radius 2 is 1.79 bits per heavy atom. The minimum atomic E-state index is -0.945. The number of anilines is 1. The zero-order chi connectivity index (χ0) is 17.5. The first-order chi connectivity index (χ1) is 11.5. The lowest BCUT2D eigenvalue weighted by Crippen LogP contribution is -2.30. The summed E-state index contributed by atoms with van der Waals surface area (Å²) in [4.78, 5) is 24.0. The lowest BCUT2D eigenvalue weighted by Gasteiger charge is -2.15. The maximum Gasteiger partial charge on any atom is 0.311 e. The largest absolute Gasteiger partial charge is 0.508 e. The van der Waals surface area contributed by atoms with E-state index in [-0.39, 0.29) is 12.2 Å². The Bertz CT molecular complexity index is 712. The minimum Gasteiger partial charge on any atom is -0.508 e. The van der Waals surface area contributed by atoms with Crippen molar-refractivity contribution in [3.63, 3.8) is 0 Å². The molecule has 2 aromatic rings. The molecule has 0 spiro atoms. The number of hydrogen-bond donors (Lipinski definition) is 2. The maximum atomic E-state index is 12.1. The van der Waals surface area contributed by atoms with Crippen LogP contribution < -0.4 is 10.1 Å². The number of aromatic hydroxyl groups is 1. The van der Waals surface area contributed by atoms with Crippen LogP contribution in [-0.4, -0.2) is 30.2 Å². The molecule has 2 aromatic carbocycles. The van der Waals surface area contributed by atoms with Gasteiger partial charge < -0.3 is 19.9 Å². The number of nitrogens with one attached hydrogen (secondary N) is 1. The monoisotopic (exact) mass is 329 g/mol. The molecule has 0 aliphatic carbocycles. The van der Waals surface area contributed by atoms with Crippen LogP contribution in [0.2, 0.25) is 0 Å². The number of para-hydroxylation sites is 2. The van der Waals surface area contributed by atoms with Crippen molar-refractivity contribution in [3.05, 3.63) is 54.1 Å². The number of hydrogen-bond acceptors (Lipinski definition) is 5. The molecule has 2 rings (SSSR count). The highest BCUT2D eigenvalue weighted by Crippen LogP contribution is 2.23. The van der Waals surface area contributed by atoms with Crippen molar-refractivity contribution in [1.82, 2.24) is 0 Å². The molecular weight excluding hydrogens is 310 g/mol. The SMILES string of the molecule is COc1ccccc1NC(=O)[C@@H](C)OC(=O)Cc1ccc(O)cc1. The van der Waals surface area contributed by atoms with Crippen molar-refractivity contribution >= 4 is 17.6 Å². The third-order valence-corrected chi connectivity index (χ3v) is 3.33. The summed E-state index contributed by atoms with van der Waals surface area (Å²) < 4.78 is 10.3. The smallest absolute Gasteiger partial charge is 0.311 e. The predicted molar refractivity (Wildman–Crippen MR) is 89.0 cm³/mol. The van der Waals surface area contributed by atoms with Crippen molar-refractivity contribution < 1.29 is 24.2 Å². The van der Waals surface area contributed by atoms with Gasteiger partial charge in [0.2, 0.25) is 0 Å². The van der Waals surface area contributed by atoms with Gasteiger partial charge in [-0.25, -0.2) is 0 Å². The summed E-state index contributed by atoms with van der Waals surface area (Å²) in [6.07, 6.45) is -0.924. The first-order valence-electron chi connectivity index (χ1n) is 7.41. The van der Waals surface area contributed by atoms with E-state index < -0.39 is 18.0 Å². The number of carbonyl (C=O) groups excluding carboxylic acids is 2. The third-order valence-electron chi connectivity index (χ3n) is 3.33. The lowest BCUT2D eigenvalue weighted by atomic mass is 10.1. The fourth-order valence-corrected chi connectivity index (χ4v) is 2.06. The summed E-state index contributed by atoms with van der Waals surface area (Å²) >= 11 is 0. The molecular formula is C18H19NO5. The van der Waals surface area contributed by atoms with Gasteiger partial charge in [0.25, 0.3) is 5.91 Å². The zero-order valence-corrected chi connectivity index (χ0v) is 13.5. The summed E-state index contributed by atoms with van der Waals surface area (Å²) in [5.74, 6) is -0.327. The summed E-state index contributed by atoms with van der Waals surface area (Å²) in [5, 5.41) is 11.9. The Labute approximate surface area is 140 Å². The third kappa shape index (κ3) is 4.74. The van der Waals surface area contributed by atoms with Gasteiger partial charge in [0.1, 0.15) is 11.5 Å². The number of esters is 1. The molecule has 6 heteroatoms. The van der Waals surface area contributed by atoms with Crippen LogP contribution >= 0.6 is 0 Å². The molecule has 0 saturated heterocycles. The molecule has 1 amide bonds. The number of phenols is 1. The van der Waals surface area contributed by atoms with Gasteiger partial charge in [0.05, 0.1) is 19.2 Å². The second-order valence-corrected chi connectivity index (χ2v) is 5.16. The van der Waals surface area contributed by atoms with E-state index in [1.807, 2.05) is 0 Å². The second-order valence-electron chi connectivity index (χ2n) is 5.16. The Balaban J connectivity index is 1.91. The summed E-state index contributed by atoms with van der Waals surface area (Å²) in [6.45, 7) is 1.50. The van der Waals surface area contributed by atoms with Gasteiger partial charge in [-0.15, -0.1) is 0 Å². The number of carbonyl (C=O) groups is 2. The molecule has 126 valence electrons. The Morgan fingerprint density at radius 1 is 1.12 bits per heavy atom. The van der Waals surface area contributed by atoms with Crippen molar-refractivity contribution in [1.29, 1.82) is 0 Å². The molecule has 0 fully saturated rings. The fraction of sp³-hybridized carbons (Fsp3) is 0.222. The number of methoxy groups -OCH3 is 1. The zero-order valence-electron chi connectivity index (χ0n) is 13.5. The summed E-state index contributed by atoms with van der Waals surface area (Å²) in [6, 6.07) is 13.2. The molecule has 2 N–H and O–H groups in total. The molecule has 0 bridgehead atoms. The van der Waals surface area contributed by atoms with E-state index in [9.17, 15) is 14.7 Å². The van der Waals surface area contributed by atoms with Crippen LogP contribution in [0, 0.1) is 0 Å². The molecule has 1 atom stereocenters. The quantitative estimate of drug-likeness (QED) is 0.796. The van der Waals surface area contributed by atoms with E-state index in [1.54, 1.807) is 36.4 Å². The Hall–Kier alpha value is -3.02. The first-order valence-corrected chi connectivity index (χ1v) is 7.41. The van der Waals surface area contributed by atoms with Crippen LogP contribution in [0.25, 0.3) is 0 Å². The van der Waals surface area contributed by atoms with Crippen LogP contribution in [-0.2, 0) is 20.7 Å². The maximum absolute atomic E-state index is 12.1. The van der Waals surface area contributed by atoms with E-state index in [1.165, 1.54) is 26.2 Å². The van der Waals surface area contributed by atoms with Gasteiger partial charge in [-0.05, 0) is 36.8 Å². The topological polar surface area (TPSA) is 84.9 Å². The second kappa shape index (κ2) is 8.01. The van der Waals surface area contributed by atoms with E-state index in [2.05, 4.69) is 5.32 Å². The first kappa shape index (κ1) is 17.3. The van der Waals surface area contributed by atoms with E-state index >= 15 is 0 Å². The Morgan fingerprint density at radius 3 is 2.46 bits per heavy atom. The number of amides is 1. The van der Waals surface area contributed by atoms with Crippen molar-refractivity contribution in [2.45, 2.75) is 19.4 Å². The van der Waals surface area contributed by atoms with Crippen LogP contribution in [0.3, 0.4) is 0 Å². The van der Waals surface area contributed by atoms with Gasteiger partial charge in [0, 0.05) is 0 Å². The molecule has 0 heterocycles. The van der Waals surface area contributed by atoms with Crippen LogP contribution in [0.4, 0.5) is 5.69 Å². The number of ether oxygens (including phenoxy) is 2. The van der Waals surface area contributed by atoms with Crippen molar-refractivity contribution in [2.75, 3.05) is 12.4 Å². The summed E-state index contributed by atoms with van der Waals surface area (Å²) in [5.41, 5.74) is 1.20. The highest BCUT2D eigenvalue weighted by molar-refractivity contribution is 5.96. The summed E-state index contributed by atoms with van der Waals surface area (Å²) in [7, 11) is 1.51. The number of rotatable bonds is 6. The molecule has 0 aliphatic heterocycles. The average molecular weight is 329 g/mol. The number of benzene rings is 2. The standard InChI is InChI=1S/C18H19NO5/c1-12(18(22)19-15-5-3-4-6-16(15)23-2)24-17(21)11-13-7-9-14(20)10-8-13/h3-10,12,20H,11H2,1-2H3,(H,19,22)/t12-/m1/s1. The predicted octanol–water partition coefficient (Wildman–Crippen LogP) is 2.51. The average Bonchev–Trinajstić information content (AvgIpc) is 2.57. The molecule has 0 radical (unpaired) electrons. The Kier molecular flexibility index (Phi) is 5.78. The molecule has 0 aromatic heterocycles. The highest BCUT2D eigenvalue weighted by Gasteiger charge is 2.19. The fourth-order valence-electron chi connectivity index (χ4n) is 2.06. The minimum absolute atomic E-state index is 0.0204. The van der Waals surface area contributed by atoms with Gasteiger partial charge in [0.15, 0.2) is 6.10 Å². The van der Waals surface area contributed by atoms with Crippen LogP contribution in [0.15, 0.2) is 48.5 Å².